The van der Waals surface area contributed by atoms with E-state index in [0.717, 1.165) is 10.5 Å². The highest BCUT2D eigenvalue weighted by atomic mass is 35.5. The van der Waals surface area contributed by atoms with E-state index in [-0.39, 0.29) is 11.8 Å². The molecule has 29 heavy (non-hydrogen) atoms. The largest absolute Gasteiger partial charge is 0.378 e. The zero-order valence-electron chi connectivity index (χ0n) is 15.8. The number of nitrogens with zero attached hydrogens (tertiary/aromatic N) is 2. The van der Waals surface area contributed by atoms with Gasteiger partial charge >= 0.3 is 0 Å². The lowest BCUT2D eigenvalue weighted by atomic mass is 10.1. The van der Waals surface area contributed by atoms with E-state index in [4.69, 9.17) is 16.3 Å². The molecule has 1 saturated heterocycles. The molecule has 0 spiro atoms. The maximum Gasteiger partial charge on any atom is 0.278 e. The van der Waals surface area contributed by atoms with Crippen LogP contribution in [0.15, 0.2) is 70.1 Å². The van der Waals surface area contributed by atoms with Crippen molar-refractivity contribution in [2.45, 2.75) is 11.3 Å². The van der Waals surface area contributed by atoms with Gasteiger partial charge in [-0.3, -0.25) is 14.5 Å². The Morgan fingerprint density at radius 3 is 2.31 bits per heavy atom. The van der Waals surface area contributed by atoms with Crippen LogP contribution < -0.4 is 0 Å². The van der Waals surface area contributed by atoms with Crippen LogP contribution in [-0.4, -0.2) is 54.5 Å². The van der Waals surface area contributed by atoms with Crippen molar-refractivity contribution >= 4 is 35.2 Å². The lowest BCUT2D eigenvalue weighted by molar-refractivity contribution is -0.138. The molecule has 0 unspecified atom stereocenters. The number of carbonyl (C=O) groups excluding carboxylic acids is 2. The van der Waals surface area contributed by atoms with Gasteiger partial charge in [0.05, 0.1) is 13.2 Å². The molecule has 2 aliphatic heterocycles. The number of imide groups is 1. The fraction of sp³-hybridized carbons (Fsp3) is 0.273. The number of halogens is 1. The van der Waals surface area contributed by atoms with E-state index in [2.05, 4.69) is 0 Å². The van der Waals surface area contributed by atoms with E-state index in [0.29, 0.717) is 54.9 Å². The van der Waals surface area contributed by atoms with Gasteiger partial charge in [-0.2, -0.15) is 0 Å². The molecule has 0 radical (unpaired) electrons. The molecule has 4 rings (SSSR count). The van der Waals surface area contributed by atoms with Gasteiger partial charge in [-0.05, 0) is 36.2 Å². The van der Waals surface area contributed by atoms with Crippen LogP contribution in [-0.2, 0) is 20.7 Å². The third-order valence-electron chi connectivity index (χ3n) is 4.93. The van der Waals surface area contributed by atoms with E-state index >= 15 is 0 Å². The molecule has 5 nitrogen and oxygen atoms in total. The third-order valence-corrected chi connectivity index (χ3v) is 6.26. The maximum absolute atomic E-state index is 13.2. The van der Waals surface area contributed by atoms with Gasteiger partial charge in [-0.1, -0.05) is 53.7 Å². The zero-order chi connectivity index (χ0) is 20.2. The number of hydrogen-bond donors (Lipinski definition) is 0. The van der Waals surface area contributed by atoms with Crippen LogP contribution in [0.1, 0.15) is 5.56 Å². The molecular weight excluding hydrogens is 408 g/mol. The predicted octanol–water partition coefficient (Wildman–Crippen LogP) is 3.59. The minimum absolute atomic E-state index is 0.218. The molecule has 0 saturated carbocycles. The summed E-state index contributed by atoms with van der Waals surface area (Å²) in [6.07, 6.45) is 0.633. The van der Waals surface area contributed by atoms with Crippen molar-refractivity contribution in [3.05, 3.63) is 75.8 Å². The normalized spacial score (nSPS) is 17.4. The summed E-state index contributed by atoms with van der Waals surface area (Å²) in [7, 11) is 0. The maximum atomic E-state index is 13.2. The minimum Gasteiger partial charge on any atom is -0.378 e. The van der Waals surface area contributed by atoms with Gasteiger partial charge in [0.15, 0.2) is 0 Å². The van der Waals surface area contributed by atoms with Crippen molar-refractivity contribution in [2.75, 3.05) is 32.8 Å². The van der Waals surface area contributed by atoms with E-state index < -0.39 is 0 Å². The lowest BCUT2D eigenvalue weighted by Crippen LogP contribution is -2.40. The summed E-state index contributed by atoms with van der Waals surface area (Å²) in [5, 5.41) is 0.634. The topological polar surface area (TPSA) is 49.9 Å². The van der Waals surface area contributed by atoms with Crippen molar-refractivity contribution in [3.8, 4) is 0 Å². The second kappa shape index (κ2) is 9.03. The van der Waals surface area contributed by atoms with Crippen LogP contribution in [0.25, 0.3) is 0 Å². The number of thioether (sulfide) groups is 1. The van der Waals surface area contributed by atoms with Crippen LogP contribution >= 0.6 is 23.4 Å². The average molecular weight is 429 g/mol. The first kappa shape index (κ1) is 20.0. The highest BCUT2D eigenvalue weighted by Gasteiger charge is 2.41. The molecule has 0 bridgehead atoms. The van der Waals surface area contributed by atoms with Gasteiger partial charge < -0.3 is 9.64 Å². The Kier molecular flexibility index (Phi) is 6.23. The standard InChI is InChI=1S/C22H21ClN2O3S/c23-17-6-8-18(9-7-17)29-20-19(24-12-14-28-15-13-24)21(26)25(22(20)27)11-10-16-4-2-1-3-5-16/h1-9H,10-15H2. The average Bonchev–Trinajstić information content (AvgIpc) is 2.99. The van der Waals surface area contributed by atoms with E-state index in [1.165, 1.54) is 16.7 Å². The quantitative estimate of drug-likeness (QED) is 0.658. The Morgan fingerprint density at radius 1 is 0.931 bits per heavy atom. The molecule has 0 N–H and O–H groups in total. The first-order chi connectivity index (χ1) is 14.1. The molecule has 0 aromatic heterocycles. The van der Waals surface area contributed by atoms with E-state index in [1.807, 2.05) is 47.4 Å². The van der Waals surface area contributed by atoms with Gasteiger partial charge in [0, 0.05) is 29.6 Å². The number of morpholine rings is 1. The predicted molar refractivity (Wildman–Crippen MR) is 114 cm³/mol. The van der Waals surface area contributed by atoms with Crippen molar-refractivity contribution in [3.63, 3.8) is 0 Å². The Morgan fingerprint density at radius 2 is 1.62 bits per heavy atom. The molecule has 0 aliphatic carbocycles. The molecule has 1 fully saturated rings. The van der Waals surface area contributed by atoms with Crippen molar-refractivity contribution in [2.24, 2.45) is 0 Å². The number of carbonyl (C=O) groups is 2. The Bertz CT molecular complexity index is 925. The number of benzene rings is 2. The van der Waals surface area contributed by atoms with Crippen molar-refractivity contribution < 1.29 is 14.3 Å². The molecule has 2 heterocycles. The number of hydrogen-bond acceptors (Lipinski definition) is 5. The summed E-state index contributed by atoms with van der Waals surface area (Å²) >= 11 is 7.31. The number of rotatable bonds is 6. The highest BCUT2D eigenvalue weighted by Crippen LogP contribution is 2.37. The second-order valence-corrected chi connectivity index (χ2v) is 8.35. The zero-order valence-corrected chi connectivity index (χ0v) is 17.4. The molecule has 150 valence electrons. The first-order valence-electron chi connectivity index (χ1n) is 9.54. The third kappa shape index (κ3) is 4.50. The summed E-state index contributed by atoms with van der Waals surface area (Å²) < 4.78 is 5.42. The van der Waals surface area contributed by atoms with Crippen LogP contribution in [0.5, 0.6) is 0 Å². The Hall–Kier alpha value is -2.28. The van der Waals surface area contributed by atoms with Crippen LogP contribution in [0.4, 0.5) is 0 Å². The van der Waals surface area contributed by atoms with Crippen molar-refractivity contribution in [1.29, 1.82) is 0 Å². The molecule has 2 aliphatic rings. The van der Waals surface area contributed by atoms with Gasteiger partial charge in [0.1, 0.15) is 10.6 Å². The molecule has 2 aromatic rings. The van der Waals surface area contributed by atoms with Gasteiger partial charge in [-0.25, -0.2) is 0 Å². The molecule has 2 amide bonds. The lowest BCUT2D eigenvalue weighted by Gasteiger charge is -2.29. The highest BCUT2D eigenvalue weighted by molar-refractivity contribution is 8.04. The van der Waals surface area contributed by atoms with Crippen LogP contribution in [0, 0.1) is 0 Å². The van der Waals surface area contributed by atoms with Crippen LogP contribution in [0.2, 0.25) is 5.02 Å². The fourth-order valence-electron chi connectivity index (χ4n) is 3.41. The summed E-state index contributed by atoms with van der Waals surface area (Å²) in [5.41, 5.74) is 1.59. The SMILES string of the molecule is O=C1C(Sc2ccc(Cl)cc2)=C(N2CCOCC2)C(=O)N1CCc1ccccc1. The van der Waals surface area contributed by atoms with Gasteiger partial charge in [0.25, 0.3) is 11.8 Å². The smallest absolute Gasteiger partial charge is 0.278 e. The van der Waals surface area contributed by atoms with Gasteiger partial charge in [0.2, 0.25) is 0 Å². The number of amides is 2. The monoisotopic (exact) mass is 428 g/mol. The van der Waals surface area contributed by atoms with E-state index in [9.17, 15) is 9.59 Å². The summed E-state index contributed by atoms with van der Waals surface area (Å²) in [4.78, 5) is 31.1. The summed E-state index contributed by atoms with van der Waals surface area (Å²) in [6.45, 7) is 2.67. The molecule has 0 atom stereocenters. The van der Waals surface area contributed by atoms with Gasteiger partial charge in [-0.15, -0.1) is 0 Å². The first-order valence-corrected chi connectivity index (χ1v) is 10.7. The molecular formula is C22H21ClN2O3S. The summed E-state index contributed by atoms with van der Waals surface area (Å²) in [5.74, 6) is -0.448. The molecule has 7 heteroatoms. The van der Waals surface area contributed by atoms with Crippen LogP contribution in [0.3, 0.4) is 0 Å². The second-order valence-electron chi connectivity index (χ2n) is 6.83. The number of ether oxygens (including phenoxy) is 1. The Labute approximate surface area is 179 Å². The van der Waals surface area contributed by atoms with Crippen molar-refractivity contribution in [1.82, 2.24) is 9.80 Å². The Balaban J connectivity index is 1.59. The van der Waals surface area contributed by atoms with E-state index in [1.54, 1.807) is 12.1 Å². The fourth-order valence-corrected chi connectivity index (χ4v) is 4.55. The minimum atomic E-state index is -0.229. The molecule has 2 aromatic carbocycles. The summed E-state index contributed by atoms with van der Waals surface area (Å²) in [6, 6.07) is 17.2.